The number of methoxy groups -OCH3 is 1. The van der Waals surface area contributed by atoms with Gasteiger partial charge in [-0.3, -0.25) is 4.79 Å². The first-order valence-electron chi connectivity index (χ1n) is 6.29. The van der Waals surface area contributed by atoms with Crippen LogP contribution >= 0.6 is 0 Å². The van der Waals surface area contributed by atoms with Crippen LogP contribution in [0, 0.1) is 0 Å². The van der Waals surface area contributed by atoms with Gasteiger partial charge in [0.05, 0.1) is 5.60 Å². The number of carbonyl (C=O) groups is 1. The molecule has 0 bridgehead atoms. The van der Waals surface area contributed by atoms with Crippen molar-refractivity contribution in [3.8, 4) is 0 Å². The fourth-order valence-electron chi connectivity index (χ4n) is 1.03. The van der Waals surface area contributed by atoms with Crippen molar-refractivity contribution in [2.24, 2.45) is 0 Å². The van der Waals surface area contributed by atoms with Crippen molar-refractivity contribution in [3.63, 3.8) is 0 Å². The molecule has 17 heavy (non-hydrogen) atoms. The third-order valence-electron chi connectivity index (χ3n) is 2.12. The SMILES string of the molecule is CC.CC1=CCCN(C=O)C1.COC(C)(C)C. The van der Waals surface area contributed by atoms with Crippen molar-refractivity contribution >= 4 is 6.41 Å². The van der Waals surface area contributed by atoms with Crippen LogP contribution in [-0.4, -0.2) is 37.1 Å². The van der Waals surface area contributed by atoms with Gasteiger partial charge in [-0.15, -0.1) is 0 Å². The van der Waals surface area contributed by atoms with E-state index in [0.29, 0.717) is 0 Å². The van der Waals surface area contributed by atoms with Crippen LogP contribution in [0.1, 0.15) is 48.0 Å². The Morgan fingerprint density at radius 2 is 1.82 bits per heavy atom. The Bertz CT molecular complexity index is 217. The van der Waals surface area contributed by atoms with E-state index in [1.165, 1.54) is 5.57 Å². The number of hydrogen-bond donors (Lipinski definition) is 0. The molecule has 0 unspecified atom stereocenters. The maximum Gasteiger partial charge on any atom is 0.210 e. The van der Waals surface area contributed by atoms with Gasteiger partial charge in [0, 0.05) is 20.2 Å². The van der Waals surface area contributed by atoms with Crippen molar-refractivity contribution in [3.05, 3.63) is 11.6 Å². The third kappa shape index (κ3) is 13.1. The summed E-state index contributed by atoms with van der Waals surface area (Å²) in [7, 11) is 1.71. The van der Waals surface area contributed by atoms with Crippen LogP contribution in [0.5, 0.6) is 0 Å². The number of hydrogen-bond acceptors (Lipinski definition) is 2. The Kier molecular flexibility index (Phi) is 11.3. The number of ether oxygens (including phenoxy) is 1. The Labute approximate surface area is 107 Å². The standard InChI is InChI=1S/C7H11NO.C5H12O.C2H6/c1-7-3-2-4-8(5-7)6-9;1-5(2,3)6-4;1-2/h3,6H,2,4-5H2,1H3;1-4H3;1-2H3. The average Bonchev–Trinajstić information content (AvgIpc) is 2.31. The summed E-state index contributed by atoms with van der Waals surface area (Å²) in [5, 5.41) is 0. The van der Waals surface area contributed by atoms with Gasteiger partial charge in [-0.1, -0.05) is 25.5 Å². The Hall–Kier alpha value is -0.830. The minimum atomic E-state index is 0.0417. The highest BCUT2D eigenvalue weighted by atomic mass is 16.5. The summed E-state index contributed by atoms with van der Waals surface area (Å²) in [6.07, 6.45) is 4.11. The number of carbonyl (C=O) groups excluding carboxylic acids is 1. The molecule has 3 nitrogen and oxygen atoms in total. The molecule has 0 spiro atoms. The first kappa shape index (κ1) is 18.5. The first-order chi connectivity index (χ1) is 7.89. The molecule has 0 saturated heterocycles. The number of nitrogens with zero attached hydrogens (tertiary/aromatic N) is 1. The van der Waals surface area contributed by atoms with Crippen LogP contribution in [0.15, 0.2) is 11.6 Å². The van der Waals surface area contributed by atoms with Crippen molar-refractivity contribution in [2.75, 3.05) is 20.2 Å². The maximum absolute atomic E-state index is 10.2. The fraction of sp³-hybridized carbons (Fsp3) is 0.786. The lowest BCUT2D eigenvalue weighted by molar-refractivity contribution is -0.117. The molecule has 1 amide bonds. The molecule has 0 atom stereocenters. The van der Waals surface area contributed by atoms with Crippen molar-refractivity contribution < 1.29 is 9.53 Å². The van der Waals surface area contributed by atoms with Gasteiger partial charge in [-0.2, -0.15) is 0 Å². The largest absolute Gasteiger partial charge is 0.379 e. The van der Waals surface area contributed by atoms with E-state index in [-0.39, 0.29) is 5.60 Å². The molecule has 102 valence electrons. The second-order valence-corrected chi connectivity index (χ2v) is 4.73. The third-order valence-corrected chi connectivity index (χ3v) is 2.12. The molecule has 0 aromatic carbocycles. The molecule has 1 heterocycles. The number of amides is 1. The monoisotopic (exact) mass is 243 g/mol. The minimum absolute atomic E-state index is 0.0417. The lowest BCUT2D eigenvalue weighted by atomic mass is 10.1. The normalized spacial score (nSPS) is 14.8. The Morgan fingerprint density at radius 1 is 1.35 bits per heavy atom. The number of rotatable bonds is 1. The minimum Gasteiger partial charge on any atom is -0.379 e. The Morgan fingerprint density at radius 3 is 2.06 bits per heavy atom. The molecule has 0 aliphatic carbocycles. The summed E-state index contributed by atoms with van der Waals surface area (Å²) in [6, 6.07) is 0. The average molecular weight is 243 g/mol. The highest BCUT2D eigenvalue weighted by Gasteiger charge is 2.05. The van der Waals surface area contributed by atoms with E-state index in [0.717, 1.165) is 25.9 Å². The van der Waals surface area contributed by atoms with Gasteiger partial charge >= 0.3 is 0 Å². The van der Waals surface area contributed by atoms with Crippen molar-refractivity contribution in [2.45, 2.75) is 53.6 Å². The summed E-state index contributed by atoms with van der Waals surface area (Å²) >= 11 is 0. The van der Waals surface area contributed by atoms with E-state index in [1.54, 1.807) is 12.0 Å². The maximum atomic E-state index is 10.2. The summed E-state index contributed by atoms with van der Waals surface area (Å²) < 4.78 is 4.94. The van der Waals surface area contributed by atoms with Crippen LogP contribution in [0.25, 0.3) is 0 Å². The van der Waals surface area contributed by atoms with E-state index >= 15 is 0 Å². The van der Waals surface area contributed by atoms with E-state index in [1.807, 2.05) is 34.6 Å². The van der Waals surface area contributed by atoms with E-state index in [9.17, 15) is 4.79 Å². The second kappa shape index (κ2) is 10.3. The summed E-state index contributed by atoms with van der Waals surface area (Å²) in [5.74, 6) is 0. The molecule has 0 N–H and O–H groups in total. The van der Waals surface area contributed by atoms with Gasteiger partial charge in [0.2, 0.25) is 6.41 Å². The lowest BCUT2D eigenvalue weighted by Gasteiger charge is -2.20. The first-order valence-corrected chi connectivity index (χ1v) is 6.29. The fourth-order valence-corrected chi connectivity index (χ4v) is 1.03. The quantitative estimate of drug-likeness (QED) is 0.522. The van der Waals surface area contributed by atoms with Crippen LogP contribution in [0.4, 0.5) is 0 Å². The van der Waals surface area contributed by atoms with E-state index in [4.69, 9.17) is 4.74 Å². The molecule has 1 rings (SSSR count). The predicted molar refractivity (Wildman–Crippen MR) is 74.1 cm³/mol. The molecule has 0 fully saturated rings. The zero-order valence-electron chi connectivity index (χ0n) is 12.5. The van der Waals surface area contributed by atoms with Gasteiger partial charge < -0.3 is 9.64 Å². The summed E-state index contributed by atoms with van der Waals surface area (Å²) in [5.41, 5.74) is 1.34. The van der Waals surface area contributed by atoms with Crippen molar-refractivity contribution in [1.82, 2.24) is 4.90 Å². The van der Waals surface area contributed by atoms with Gasteiger partial charge in [0.1, 0.15) is 0 Å². The van der Waals surface area contributed by atoms with Gasteiger partial charge in [-0.25, -0.2) is 0 Å². The molecular weight excluding hydrogens is 214 g/mol. The zero-order chi connectivity index (χ0) is 13.9. The summed E-state index contributed by atoms with van der Waals surface area (Å²) in [6.45, 7) is 13.8. The lowest BCUT2D eigenvalue weighted by Crippen LogP contribution is -2.27. The van der Waals surface area contributed by atoms with Crippen LogP contribution in [0.3, 0.4) is 0 Å². The predicted octanol–water partition coefficient (Wildman–Crippen LogP) is 3.25. The molecule has 0 aromatic heterocycles. The molecule has 1 aliphatic rings. The van der Waals surface area contributed by atoms with Crippen LogP contribution in [0.2, 0.25) is 0 Å². The molecular formula is C14H29NO2. The van der Waals surface area contributed by atoms with E-state index < -0.39 is 0 Å². The molecule has 0 radical (unpaired) electrons. The molecule has 1 aliphatic heterocycles. The topological polar surface area (TPSA) is 29.5 Å². The smallest absolute Gasteiger partial charge is 0.210 e. The zero-order valence-corrected chi connectivity index (χ0v) is 12.5. The van der Waals surface area contributed by atoms with Crippen molar-refractivity contribution in [1.29, 1.82) is 0 Å². The second-order valence-electron chi connectivity index (χ2n) is 4.73. The highest BCUT2D eigenvalue weighted by Crippen LogP contribution is 2.05. The summed E-state index contributed by atoms with van der Waals surface area (Å²) in [4.78, 5) is 12.0. The van der Waals surface area contributed by atoms with Crippen LogP contribution < -0.4 is 0 Å². The molecule has 0 aromatic rings. The van der Waals surface area contributed by atoms with Gasteiger partial charge in [0.25, 0.3) is 0 Å². The van der Waals surface area contributed by atoms with Gasteiger partial charge in [-0.05, 0) is 34.1 Å². The van der Waals surface area contributed by atoms with Gasteiger partial charge in [0.15, 0.2) is 0 Å². The Balaban J connectivity index is 0. The molecule has 3 heteroatoms. The highest BCUT2D eigenvalue weighted by molar-refractivity contribution is 5.48. The van der Waals surface area contributed by atoms with Crippen LogP contribution in [-0.2, 0) is 9.53 Å². The van der Waals surface area contributed by atoms with E-state index in [2.05, 4.69) is 13.0 Å². The molecule has 0 saturated carbocycles.